The summed E-state index contributed by atoms with van der Waals surface area (Å²) in [6.45, 7) is 3.29. The predicted molar refractivity (Wildman–Crippen MR) is 78.4 cm³/mol. The largest absolute Gasteiger partial charge is 0.473 e. The molecule has 3 aliphatic rings. The third-order valence-corrected chi connectivity index (χ3v) is 4.12. The molecule has 3 saturated heterocycles. The molecule has 8 heteroatoms. The van der Waals surface area contributed by atoms with Gasteiger partial charge in [-0.15, -0.1) is 0 Å². The minimum absolute atomic E-state index is 0.0769. The summed E-state index contributed by atoms with van der Waals surface area (Å²) in [6.07, 6.45) is 4.30. The van der Waals surface area contributed by atoms with Gasteiger partial charge in [0.05, 0.1) is 23.7 Å². The van der Waals surface area contributed by atoms with Crippen molar-refractivity contribution in [1.29, 1.82) is 0 Å². The van der Waals surface area contributed by atoms with Crippen LogP contribution >= 0.6 is 15.9 Å². The maximum absolute atomic E-state index is 10.9. The summed E-state index contributed by atoms with van der Waals surface area (Å²) in [5.74, 6) is 0.0769. The Balaban J connectivity index is 1.46. The first kappa shape index (κ1) is 14.7. The lowest BCUT2D eigenvalue weighted by Gasteiger charge is -2.47. The summed E-state index contributed by atoms with van der Waals surface area (Å²) in [4.78, 5) is 16.8. The Morgan fingerprint density at radius 1 is 1.52 bits per heavy atom. The van der Waals surface area contributed by atoms with E-state index in [2.05, 4.69) is 25.8 Å². The number of aromatic nitrogens is 1. The third-order valence-electron chi connectivity index (χ3n) is 3.69. The fourth-order valence-electron chi connectivity index (χ4n) is 2.74. The number of fused-ring (bicyclic) bond motifs is 2. The van der Waals surface area contributed by atoms with Gasteiger partial charge in [-0.05, 0) is 22.4 Å². The second-order valence-electron chi connectivity index (χ2n) is 5.31. The summed E-state index contributed by atoms with van der Waals surface area (Å²) < 4.78 is 11.6. The van der Waals surface area contributed by atoms with E-state index in [0.717, 1.165) is 26.1 Å². The van der Waals surface area contributed by atoms with Gasteiger partial charge < -0.3 is 9.47 Å². The van der Waals surface area contributed by atoms with Crippen molar-refractivity contribution in [3.8, 4) is 5.88 Å². The molecule has 0 radical (unpaired) electrons. The van der Waals surface area contributed by atoms with Crippen molar-refractivity contribution in [2.24, 2.45) is 0 Å². The van der Waals surface area contributed by atoms with Crippen molar-refractivity contribution in [1.82, 2.24) is 9.88 Å². The number of ether oxygens (including phenoxy) is 2. The number of morpholine rings is 1. The smallest absolute Gasteiger partial charge is 0.332 e. The first-order valence-corrected chi connectivity index (χ1v) is 7.71. The predicted octanol–water partition coefficient (Wildman–Crippen LogP) is 1.99. The number of rotatable bonds is 6. The lowest BCUT2D eigenvalue weighted by Crippen LogP contribution is -2.57. The molecule has 1 aromatic rings. The molecule has 3 aliphatic heterocycles. The van der Waals surface area contributed by atoms with Crippen LogP contribution in [-0.4, -0.2) is 53.3 Å². The number of nitrogens with zero attached hydrogens (tertiary/aromatic N) is 3. The summed E-state index contributed by atoms with van der Waals surface area (Å²) in [6, 6.07) is 1.40. The normalized spacial score (nSPS) is 24.4. The Morgan fingerprint density at radius 2 is 2.24 bits per heavy atom. The minimum Gasteiger partial charge on any atom is -0.473 e. The van der Waals surface area contributed by atoms with Crippen molar-refractivity contribution in [2.45, 2.75) is 25.0 Å². The van der Waals surface area contributed by atoms with Crippen molar-refractivity contribution in [2.75, 3.05) is 26.2 Å². The van der Waals surface area contributed by atoms with Gasteiger partial charge in [-0.2, -0.15) is 0 Å². The third kappa shape index (κ3) is 3.50. The highest BCUT2D eigenvalue weighted by Gasteiger charge is 2.37. The Kier molecular flexibility index (Phi) is 4.37. The molecule has 2 atom stereocenters. The molecule has 2 unspecified atom stereocenters. The van der Waals surface area contributed by atoms with Crippen molar-refractivity contribution in [3.63, 3.8) is 0 Å². The lowest BCUT2D eigenvalue weighted by molar-refractivity contribution is -0.386. The zero-order valence-electron chi connectivity index (χ0n) is 11.4. The van der Waals surface area contributed by atoms with E-state index in [0.29, 0.717) is 23.3 Å². The molecule has 4 heterocycles. The highest BCUT2D eigenvalue weighted by atomic mass is 79.9. The maximum Gasteiger partial charge on any atom is 0.332 e. The number of piperidine rings is 1. The van der Waals surface area contributed by atoms with Crippen LogP contribution in [0.3, 0.4) is 0 Å². The van der Waals surface area contributed by atoms with Gasteiger partial charge in [0.1, 0.15) is 0 Å². The molecule has 2 bridgehead atoms. The number of pyridine rings is 1. The standard InChI is InChI=1S/C13H16BrN3O4/c14-9-4-12(17(18)19)13(15-6-9)20-3-1-2-16-7-10-5-11(8-16)21-10/h4,6,10-11H,1-3,5,7-8H2. The van der Waals surface area contributed by atoms with Crippen LogP contribution in [0.1, 0.15) is 12.8 Å². The van der Waals surface area contributed by atoms with Crippen molar-refractivity contribution < 1.29 is 14.4 Å². The molecular formula is C13H16BrN3O4. The molecule has 7 nitrogen and oxygen atoms in total. The van der Waals surface area contributed by atoms with Crippen LogP contribution in [0, 0.1) is 10.1 Å². The molecule has 0 spiro atoms. The van der Waals surface area contributed by atoms with Gasteiger partial charge >= 0.3 is 5.69 Å². The average Bonchev–Trinajstić information content (AvgIpc) is 2.44. The van der Waals surface area contributed by atoms with Gasteiger partial charge in [-0.1, -0.05) is 0 Å². The van der Waals surface area contributed by atoms with Crippen LogP contribution in [0.4, 0.5) is 5.69 Å². The first-order chi connectivity index (χ1) is 10.1. The lowest BCUT2D eigenvalue weighted by atomic mass is 9.99. The molecule has 21 heavy (non-hydrogen) atoms. The minimum atomic E-state index is -0.484. The highest BCUT2D eigenvalue weighted by Crippen LogP contribution is 2.29. The quantitative estimate of drug-likeness (QED) is 0.440. The molecule has 4 rings (SSSR count). The maximum atomic E-state index is 10.9. The van der Waals surface area contributed by atoms with Crippen molar-refractivity contribution in [3.05, 3.63) is 26.9 Å². The van der Waals surface area contributed by atoms with Crippen LogP contribution in [0.15, 0.2) is 16.7 Å². The van der Waals surface area contributed by atoms with Gasteiger partial charge in [-0.25, -0.2) is 4.98 Å². The molecule has 0 amide bonds. The van der Waals surface area contributed by atoms with E-state index in [4.69, 9.17) is 9.47 Å². The zero-order chi connectivity index (χ0) is 14.8. The van der Waals surface area contributed by atoms with E-state index in [1.807, 2.05) is 0 Å². The second-order valence-corrected chi connectivity index (χ2v) is 6.23. The SMILES string of the molecule is O=[N+]([O-])c1cc(Br)cnc1OCCCN1CC2CC(C1)O2. The topological polar surface area (TPSA) is 77.7 Å². The van der Waals surface area contributed by atoms with E-state index in [9.17, 15) is 10.1 Å². The Morgan fingerprint density at radius 3 is 2.90 bits per heavy atom. The van der Waals surface area contributed by atoms with E-state index >= 15 is 0 Å². The monoisotopic (exact) mass is 357 g/mol. The number of hydrogen-bond acceptors (Lipinski definition) is 6. The summed E-state index contributed by atoms with van der Waals surface area (Å²) in [7, 11) is 0. The zero-order valence-corrected chi connectivity index (χ0v) is 13.0. The van der Waals surface area contributed by atoms with Gasteiger partial charge in [0, 0.05) is 42.8 Å². The summed E-state index contributed by atoms with van der Waals surface area (Å²) in [5, 5.41) is 10.9. The van der Waals surface area contributed by atoms with E-state index in [-0.39, 0.29) is 11.6 Å². The van der Waals surface area contributed by atoms with Crippen LogP contribution in [0.5, 0.6) is 5.88 Å². The highest BCUT2D eigenvalue weighted by molar-refractivity contribution is 9.10. The Labute approximate surface area is 130 Å². The van der Waals surface area contributed by atoms with Gasteiger partial charge in [0.15, 0.2) is 0 Å². The van der Waals surface area contributed by atoms with E-state index in [1.54, 1.807) is 0 Å². The van der Waals surface area contributed by atoms with Crippen LogP contribution in [0.25, 0.3) is 0 Å². The van der Waals surface area contributed by atoms with Crippen LogP contribution in [-0.2, 0) is 4.74 Å². The van der Waals surface area contributed by atoms with Gasteiger partial charge in [0.25, 0.3) is 5.88 Å². The van der Waals surface area contributed by atoms with Crippen LogP contribution in [0.2, 0.25) is 0 Å². The van der Waals surface area contributed by atoms with Crippen LogP contribution < -0.4 is 4.74 Å². The molecule has 0 saturated carbocycles. The molecule has 3 fully saturated rings. The number of hydrogen-bond donors (Lipinski definition) is 0. The fraction of sp³-hybridized carbons (Fsp3) is 0.615. The van der Waals surface area contributed by atoms with Gasteiger partial charge in [-0.3, -0.25) is 15.0 Å². The number of halogens is 1. The molecule has 0 N–H and O–H groups in total. The molecule has 114 valence electrons. The molecule has 1 aromatic heterocycles. The Hall–Kier alpha value is -1.25. The number of nitro groups is 1. The second kappa shape index (κ2) is 6.25. The first-order valence-electron chi connectivity index (χ1n) is 6.92. The Bertz CT molecular complexity index is 526. The fourth-order valence-corrected chi connectivity index (χ4v) is 3.06. The van der Waals surface area contributed by atoms with E-state index in [1.165, 1.54) is 18.7 Å². The summed E-state index contributed by atoms with van der Waals surface area (Å²) in [5.41, 5.74) is -0.114. The van der Waals surface area contributed by atoms with Gasteiger partial charge in [0.2, 0.25) is 0 Å². The molecule has 0 aromatic carbocycles. The molecule has 0 aliphatic carbocycles. The summed E-state index contributed by atoms with van der Waals surface area (Å²) >= 11 is 3.17. The van der Waals surface area contributed by atoms with Crippen molar-refractivity contribution >= 4 is 21.6 Å². The molecular weight excluding hydrogens is 342 g/mol. The average molecular weight is 358 g/mol. The van der Waals surface area contributed by atoms with E-state index < -0.39 is 4.92 Å².